The Hall–Kier alpha value is -0.410. The van der Waals surface area contributed by atoms with E-state index < -0.39 is 12.8 Å². The first-order chi connectivity index (χ1) is 5.25. The zero-order valence-electron chi connectivity index (χ0n) is 5.80. The molecule has 0 fully saturated rings. The second-order valence-electron chi connectivity index (χ2n) is 2.19. The minimum absolute atomic E-state index is 0.593. The van der Waals surface area contributed by atoms with Crippen molar-refractivity contribution in [2.45, 2.75) is 6.10 Å². The van der Waals surface area contributed by atoms with E-state index >= 15 is 0 Å². The number of aliphatic hydroxyl groups is 1. The first kappa shape index (κ1) is 8.68. The van der Waals surface area contributed by atoms with Crippen LogP contribution in [0, 0.1) is 0 Å². The van der Waals surface area contributed by atoms with Gasteiger partial charge in [0.15, 0.2) is 0 Å². The van der Waals surface area contributed by atoms with Gasteiger partial charge < -0.3 is 5.11 Å². The number of hydrogen-bond donors (Lipinski definition) is 1. The van der Waals surface area contributed by atoms with Gasteiger partial charge in [0.2, 0.25) is 0 Å². The average molecular weight is 219 g/mol. The van der Waals surface area contributed by atoms with Crippen LogP contribution < -0.4 is 0 Å². The first-order valence-corrected chi connectivity index (χ1v) is 4.03. The van der Waals surface area contributed by atoms with Crippen molar-refractivity contribution in [3.05, 3.63) is 34.3 Å². The second kappa shape index (κ2) is 3.83. The summed E-state index contributed by atoms with van der Waals surface area (Å²) in [5.41, 5.74) is 0.593. The number of aliphatic hydroxyl groups excluding tert-OH is 1. The Balaban J connectivity index is 2.93. The lowest BCUT2D eigenvalue weighted by molar-refractivity contribution is 0.141. The molecule has 1 atom stereocenters. The van der Waals surface area contributed by atoms with E-state index in [9.17, 15) is 4.39 Å². The summed E-state index contributed by atoms with van der Waals surface area (Å²) in [4.78, 5) is 0. The molecule has 0 unspecified atom stereocenters. The van der Waals surface area contributed by atoms with Crippen LogP contribution in [0.5, 0.6) is 0 Å². The molecular weight excluding hydrogens is 211 g/mol. The maximum absolute atomic E-state index is 12.0. The van der Waals surface area contributed by atoms with Gasteiger partial charge in [-0.15, -0.1) is 0 Å². The van der Waals surface area contributed by atoms with Crippen molar-refractivity contribution in [1.82, 2.24) is 0 Å². The minimum atomic E-state index is -1.01. The van der Waals surface area contributed by atoms with Crippen LogP contribution in [-0.2, 0) is 0 Å². The third-order valence-electron chi connectivity index (χ3n) is 1.41. The minimum Gasteiger partial charge on any atom is -0.386 e. The van der Waals surface area contributed by atoms with Gasteiger partial charge >= 0.3 is 0 Å². The summed E-state index contributed by atoms with van der Waals surface area (Å²) >= 11 is 3.21. The van der Waals surface area contributed by atoms with Crippen molar-refractivity contribution in [3.8, 4) is 0 Å². The Labute approximate surface area is 73.0 Å². The molecule has 1 N–H and O–H groups in total. The van der Waals surface area contributed by atoms with E-state index in [4.69, 9.17) is 5.11 Å². The third kappa shape index (κ3) is 2.01. The zero-order chi connectivity index (χ0) is 8.27. The lowest BCUT2D eigenvalue weighted by Gasteiger charge is -2.07. The predicted octanol–water partition coefficient (Wildman–Crippen LogP) is 2.45. The molecule has 1 aromatic carbocycles. The molecule has 0 aromatic heterocycles. The highest BCUT2D eigenvalue weighted by molar-refractivity contribution is 9.10. The number of benzene rings is 1. The van der Waals surface area contributed by atoms with Crippen molar-refractivity contribution in [2.24, 2.45) is 0 Å². The summed E-state index contributed by atoms with van der Waals surface area (Å²) in [5, 5.41) is 9.11. The average Bonchev–Trinajstić information content (AvgIpc) is 2.04. The Morgan fingerprint density at radius 1 is 1.45 bits per heavy atom. The van der Waals surface area contributed by atoms with E-state index in [1.807, 2.05) is 6.07 Å². The lowest BCUT2D eigenvalue weighted by atomic mass is 10.1. The summed E-state index contributed by atoms with van der Waals surface area (Å²) in [5.74, 6) is 0. The Morgan fingerprint density at radius 2 is 2.09 bits per heavy atom. The van der Waals surface area contributed by atoms with Gasteiger partial charge in [-0.25, -0.2) is 4.39 Å². The maximum Gasteiger partial charge on any atom is 0.120 e. The highest BCUT2D eigenvalue weighted by atomic mass is 79.9. The molecule has 0 radical (unpaired) electrons. The van der Waals surface area contributed by atoms with Gasteiger partial charge in [0, 0.05) is 4.47 Å². The normalized spacial score (nSPS) is 13.0. The van der Waals surface area contributed by atoms with Gasteiger partial charge in [0.1, 0.15) is 12.8 Å². The highest BCUT2D eigenvalue weighted by Crippen LogP contribution is 2.22. The van der Waals surface area contributed by atoms with Gasteiger partial charge in [0.05, 0.1) is 0 Å². The smallest absolute Gasteiger partial charge is 0.120 e. The molecule has 1 nitrogen and oxygen atoms in total. The number of alkyl halides is 1. The fourth-order valence-corrected chi connectivity index (χ4v) is 1.38. The maximum atomic E-state index is 12.0. The predicted molar refractivity (Wildman–Crippen MR) is 45.1 cm³/mol. The molecule has 1 aromatic rings. The molecule has 0 aliphatic heterocycles. The monoisotopic (exact) mass is 218 g/mol. The highest BCUT2D eigenvalue weighted by Gasteiger charge is 2.08. The topological polar surface area (TPSA) is 20.2 Å². The van der Waals surface area contributed by atoms with E-state index in [-0.39, 0.29) is 0 Å². The van der Waals surface area contributed by atoms with E-state index in [0.717, 1.165) is 4.47 Å². The van der Waals surface area contributed by atoms with Crippen LogP contribution in [-0.4, -0.2) is 11.8 Å². The van der Waals surface area contributed by atoms with Gasteiger partial charge in [-0.2, -0.15) is 0 Å². The van der Waals surface area contributed by atoms with Crippen molar-refractivity contribution < 1.29 is 9.50 Å². The first-order valence-electron chi connectivity index (χ1n) is 3.24. The Bertz CT molecular complexity index is 239. The Kier molecular flexibility index (Phi) is 3.02. The molecule has 11 heavy (non-hydrogen) atoms. The van der Waals surface area contributed by atoms with Crippen molar-refractivity contribution in [2.75, 3.05) is 6.67 Å². The van der Waals surface area contributed by atoms with Crippen molar-refractivity contribution in [3.63, 3.8) is 0 Å². The molecule has 0 saturated carbocycles. The van der Waals surface area contributed by atoms with Crippen molar-refractivity contribution >= 4 is 15.9 Å². The molecule has 60 valence electrons. The summed E-state index contributed by atoms with van der Waals surface area (Å²) in [7, 11) is 0. The summed E-state index contributed by atoms with van der Waals surface area (Å²) < 4.78 is 12.7. The van der Waals surface area contributed by atoms with E-state index in [0.29, 0.717) is 5.56 Å². The fraction of sp³-hybridized carbons (Fsp3) is 0.250. The molecule has 0 aliphatic carbocycles. The molecule has 0 bridgehead atoms. The van der Waals surface area contributed by atoms with Crippen LogP contribution >= 0.6 is 15.9 Å². The van der Waals surface area contributed by atoms with Crippen LogP contribution in [0.3, 0.4) is 0 Å². The summed E-state index contributed by atoms with van der Waals surface area (Å²) in [6.45, 7) is -0.747. The number of rotatable bonds is 2. The van der Waals surface area contributed by atoms with E-state index in [1.165, 1.54) is 0 Å². The van der Waals surface area contributed by atoms with Gasteiger partial charge in [0.25, 0.3) is 0 Å². The molecule has 0 heterocycles. The zero-order valence-corrected chi connectivity index (χ0v) is 7.38. The molecule has 1 rings (SSSR count). The van der Waals surface area contributed by atoms with Crippen LogP contribution in [0.25, 0.3) is 0 Å². The summed E-state index contributed by atoms with van der Waals surface area (Å²) in [6, 6.07) is 7.04. The van der Waals surface area contributed by atoms with E-state index in [1.54, 1.807) is 18.2 Å². The summed E-state index contributed by atoms with van der Waals surface area (Å²) in [6.07, 6.45) is -1.01. The van der Waals surface area contributed by atoms with Crippen LogP contribution in [0.4, 0.5) is 4.39 Å². The van der Waals surface area contributed by atoms with Gasteiger partial charge in [-0.1, -0.05) is 34.1 Å². The van der Waals surface area contributed by atoms with Gasteiger partial charge in [-0.3, -0.25) is 0 Å². The number of hydrogen-bond acceptors (Lipinski definition) is 1. The molecule has 0 spiro atoms. The molecular formula is C8H8BrFO. The van der Waals surface area contributed by atoms with Gasteiger partial charge in [-0.05, 0) is 11.6 Å². The van der Waals surface area contributed by atoms with Crippen molar-refractivity contribution in [1.29, 1.82) is 0 Å². The molecule has 0 aliphatic rings. The quantitative estimate of drug-likeness (QED) is 0.809. The SMILES string of the molecule is O[C@H](CF)c1ccccc1Br. The fourth-order valence-electron chi connectivity index (χ4n) is 0.828. The van der Waals surface area contributed by atoms with Crippen LogP contribution in [0.2, 0.25) is 0 Å². The molecule has 0 amide bonds. The third-order valence-corrected chi connectivity index (χ3v) is 2.13. The van der Waals surface area contributed by atoms with E-state index in [2.05, 4.69) is 15.9 Å². The Morgan fingerprint density at radius 3 is 2.64 bits per heavy atom. The number of halogens is 2. The lowest BCUT2D eigenvalue weighted by Crippen LogP contribution is -1.99. The van der Waals surface area contributed by atoms with Crippen LogP contribution in [0.1, 0.15) is 11.7 Å². The largest absolute Gasteiger partial charge is 0.386 e. The van der Waals surface area contributed by atoms with Crippen LogP contribution in [0.15, 0.2) is 28.7 Å². The second-order valence-corrected chi connectivity index (χ2v) is 3.05. The standard InChI is InChI=1S/C8H8BrFO/c9-7-4-2-1-3-6(7)8(11)5-10/h1-4,8,11H,5H2/t8-/m1/s1. The molecule has 3 heteroatoms. The molecule has 0 saturated heterocycles.